The Morgan fingerprint density at radius 3 is 2.76 bits per heavy atom. The Hall–Kier alpha value is -1.88. The van der Waals surface area contributed by atoms with Gasteiger partial charge in [-0.2, -0.15) is 10.3 Å². The second-order valence-electron chi connectivity index (χ2n) is 3.53. The molecule has 0 aliphatic rings. The normalized spacial score (nSPS) is 10.2. The molecule has 0 saturated heterocycles. The molecule has 1 aromatic carbocycles. The van der Waals surface area contributed by atoms with Gasteiger partial charge >= 0.3 is 0 Å². The zero-order valence-corrected chi connectivity index (χ0v) is 9.74. The predicted octanol–water partition coefficient (Wildman–Crippen LogP) is 2.03. The van der Waals surface area contributed by atoms with Crippen molar-refractivity contribution in [3.05, 3.63) is 41.0 Å². The van der Waals surface area contributed by atoms with Gasteiger partial charge in [0.1, 0.15) is 0 Å². The summed E-state index contributed by atoms with van der Waals surface area (Å²) >= 11 is 5.77. The lowest BCUT2D eigenvalue weighted by atomic mass is 10.1. The van der Waals surface area contributed by atoms with E-state index in [4.69, 9.17) is 11.6 Å². The first-order chi connectivity index (χ1) is 8.24. The molecule has 0 saturated carbocycles. The number of nitrogens with one attached hydrogen (secondary N) is 2. The van der Waals surface area contributed by atoms with Gasteiger partial charge in [0.25, 0.3) is 0 Å². The third-order valence-electron chi connectivity index (χ3n) is 2.24. The number of aromatic nitrogens is 3. The maximum absolute atomic E-state index is 11.5. The fraction of sp³-hybridized carbons (Fsp3) is 0.182. The molecule has 6 heteroatoms. The van der Waals surface area contributed by atoms with Crippen LogP contribution in [0.5, 0.6) is 0 Å². The highest BCUT2D eigenvalue weighted by atomic mass is 35.5. The lowest BCUT2D eigenvalue weighted by Crippen LogP contribution is -2.12. The Labute approximate surface area is 103 Å². The van der Waals surface area contributed by atoms with Crippen molar-refractivity contribution in [2.75, 3.05) is 5.32 Å². The van der Waals surface area contributed by atoms with Gasteiger partial charge in [0.15, 0.2) is 5.82 Å². The third kappa shape index (κ3) is 3.57. The highest BCUT2D eigenvalue weighted by Crippen LogP contribution is 2.11. The van der Waals surface area contributed by atoms with E-state index in [2.05, 4.69) is 20.7 Å². The molecule has 0 unspecified atom stereocenters. The summed E-state index contributed by atoms with van der Waals surface area (Å²) in [7, 11) is 0. The van der Waals surface area contributed by atoms with Crippen LogP contribution in [0, 0.1) is 0 Å². The van der Waals surface area contributed by atoms with Gasteiger partial charge in [-0.25, -0.2) is 0 Å². The molecule has 0 aliphatic carbocycles. The Kier molecular flexibility index (Phi) is 3.72. The summed E-state index contributed by atoms with van der Waals surface area (Å²) < 4.78 is 0. The van der Waals surface area contributed by atoms with Crippen LogP contribution in [-0.4, -0.2) is 21.3 Å². The monoisotopic (exact) mass is 250 g/mol. The highest BCUT2D eigenvalue weighted by molar-refractivity contribution is 6.30. The number of hydrogen-bond donors (Lipinski definition) is 2. The van der Waals surface area contributed by atoms with Crippen molar-refractivity contribution in [2.24, 2.45) is 0 Å². The number of rotatable bonds is 4. The fourth-order valence-corrected chi connectivity index (χ4v) is 1.50. The standard InChI is InChI=1S/C11H11ClN4O/c12-9-4-1-8(2-5-9)3-6-11(17)14-10-7-13-16-15-10/h1-2,4-5,7H,3,6H2,(H2,13,14,15,16,17). The second-order valence-corrected chi connectivity index (χ2v) is 3.97. The molecule has 2 N–H and O–H groups in total. The number of anilines is 1. The number of halogens is 1. The number of nitrogens with zero attached hydrogens (tertiary/aromatic N) is 2. The van der Waals surface area contributed by atoms with Crippen LogP contribution in [0.1, 0.15) is 12.0 Å². The average Bonchev–Trinajstić information content (AvgIpc) is 2.81. The lowest BCUT2D eigenvalue weighted by molar-refractivity contribution is -0.116. The molecule has 1 heterocycles. The van der Waals surface area contributed by atoms with Crippen molar-refractivity contribution in [3.63, 3.8) is 0 Å². The van der Waals surface area contributed by atoms with E-state index in [-0.39, 0.29) is 5.91 Å². The third-order valence-corrected chi connectivity index (χ3v) is 2.49. The molecule has 2 rings (SSSR count). The van der Waals surface area contributed by atoms with E-state index in [0.717, 1.165) is 5.56 Å². The summed E-state index contributed by atoms with van der Waals surface area (Å²) in [6.07, 6.45) is 2.52. The number of hydrogen-bond acceptors (Lipinski definition) is 3. The van der Waals surface area contributed by atoms with Crippen molar-refractivity contribution in [3.8, 4) is 0 Å². The lowest BCUT2D eigenvalue weighted by Gasteiger charge is -2.02. The summed E-state index contributed by atoms with van der Waals surface area (Å²) in [6.45, 7) is 0. The first-order valence-electron chi connectivity index (χ1n) is 5.14. The van der Waals surface area contributed by atoms with E-state index in [1.165, 1.54) is 6.20 Å². The van der Waals surface area contributed by atoms with Gasteiger partial charge in [0, 0.05) is 11.4 Å². The molecule has 0 atom stereocenters. The number of aryl methyl sites for hydroxylation is 1. The van der Waals surface area contributed by atoms with E-state index in [1.807, 2.05) is 24.3 Å². The zero-order valence-electron chi connectivity index (χ0n) is 8.98. The molecule has 1 aromatic heterocycles. The number of carbonyl (C=O) groups is 1. The molecule has 2 aromatic rings. The van der Waals surface area contributed by atoms with Crippen LogP contribution >= 0.6 is 11.6 Å². The first kappa shape index (κ1) is 11.6. The van der Waals surface area contributed by atoms with Crippen LogP contribution < -0.4 is 5.32 Å². The molecule has 1 amide bonds. The molecule has 0 bridgehead atoms. The number of amides is 1. The minimum absolute atomic E-state index is 0.0890. The zero-order chi connectivity index (χ0) is 12.1. The van der Waals surface area contributed by atoms with Gasteiger partial charge in [-0.05, 0) is 24.1 Å². The first-order valence-corrected chi connectivity index (χ1v) is 5.52. The maximum Gasteiger partial charge on any atom is 0.225 e. The summed E-state index contributed by atoms with van der Waals surface area (Å²) in [5.74, 6) is 0.347. The Morgan fingerprint density at radius 2 is 2.12 bits per heavy atom. The van der Waals surface area contributed by atoms with Gasteiger partial charge in [-0.1, -0.05) is 23.7 Å². The molecule has 0 spiro atoms. The molecule has 17 heavy (non-hydrogen) atoms. The SMILES string of the molecule is O=C(CCc1ccc(Cl)cc1)Nc1cn[nH]n1. The van der Waals surface area contributed by atoms with Crippen LogP contribution in [0.3, 0.4) is 0 Å². The second kappa shape index (κ2) is 5.45. The van der Waals surface area contributed by atoms with Crippen molar-refractivity contribution >= 4 is 23.3 Å². The molecular formula is C11H11ClN4O. The molecule has 88 valence electrons. The largest absolute Gasteiger partial charge is 0.308 e. The summed E-state index contributed by atoms with van der Waals surface area (Å²) in [6, 6.07) is 7.44. The van der Waals surface area contributed by atoms with E-state index in [0.29, 0.717) is 23.7 Å². The smallest absolute Gasteiger partial charge is 0.225 e. The van der Waals surface area contributed by atoms with Crippen LogP contribution in [0.4, 0.5) is 5.82 Å². The Morgan fingerprint density at radius 1 is 1.35 bits per heavy atom. The predicted molar refractivity (Wildman–Crippen MR) is 64.8 cm³/mol. The van der Waals surface area contributed by atoms with E-state index < -0.39 is 0 Å². The highest BCUT2D eigenvalue weighted by Gasteiger charge is 2.04. The van der Waals surface area contributed by atoms with Gasteiger partial charge in [-0.15, -0.1) is 5.10 Å². The van der Waals surface area contributed by atoms with Crippen molar-refractivity contribution in [1.82, 2.24) is 15.4 Å². The number of aromatic amines is 1. The average molecular weight is 251 g/mol. The number of carbonyl (C=O) groups excluding carboxylic acids is 1. The molecule has 0 aliphatic heterocycles. The summed E-state index contributed by atoms with van der Waals surface area (Å²) in [5, 5.41) is 13.1. The minimum atomic E-state index is -0.0890. The maximum atomic E-state index is 11.5. The van der Waals surface area contributed by atoms with E-state index in [9.17, 15) is 4.79 Å². The van der Waals surface area contributed by atoms with Gasteiger partial charge in [-0.3, -0.25) is 4.79 Å². The number of H-pyrrole nitrogens is 1. The van der Waals surface area contributed by atoms with Gasteiger partial charge in [0.05, 0.1) is 6.20 Å². The van der Waals surface area contributed by atoms with Gasteiger partial charge in [0.2, 0.25) is 5.91 Å². The Balaban J connectivity index is 1.82. The molecule has 0 fully saturated rings. The minimum Gasteiger partial charge on any atom is -0.308 e. The van der Waals surface area contributed by atoms with Gasteiger partial charge < -0.3 is 5.32 Å². The fourth-order valence-electron chi connectivity index (χ4n) is 1.38. The van der Waals surface area contributed by atoms with Crippen molar-refractivity contribution in [1.29, 1.82) is 0 Å². The van der Waals surface area contributed by atoms with E-state index >= 15 is 0 Å². The Bertz CT molecular complexity index is 481. The number of benzene rings is 1. The van der Waals surface area contributed by atoms with E-state index in [1.54, 1.807) is 0 Å². The van der Waals surface area contributed by atoms with Crippen LogP contribution in [0.15, 0.2) is 30.5 Å². The summed E-state index contributed by atoms with van der Waals surface area (Å²) in [4.78, 5) is 11.5. The quantitative estimate of drug-likeness (QED) is 0.872. The van der Waals surface area contributed by atoms with Crippen molar-refractivity contribution in [2.45, 2.75) is 12.8 Å². The van der Waals surface area contributed by atoms with Crippen LogP contribution in [0.25, 0.3) is 0 Å². The van der Waals surface area contributed by atoms with Crippen LogP contribution in [-0.2, 0) is 11.2 Å². The molecule has 5 nitrogen and oxygen atoms in total. The van der Waals surface area contributed by atoms with Crippen LogP contribution in [0.2, 0.25) is 5.02 Å². The van der Waals surface area contributed by atoms with Crippen molar-refractivity contribution < 1.29 is 4.79 Å². The molecular weight excluding hydrogens is 240 g/mol. The topological polar surface area (TPSA) is 70.7 Å². The molecule has 0 radical (unpaired) electrons. The summed E-state index contributed by atoms with van der Waals surface area (Å²) in [5.41, 5.74) is 1.07.